The van der Waals surface area contributed by atoms with Gasteiger partial charge in [0.1, 0.15) is 0 Å². The van der Waals surface area contributed by atoms with Crippen molar-refractivity contribution in [3.05, 3.63) is 90.3 Å². The van der Waals surface area contributed by atoms with Crippen LogP contribution in [0.1, 0.15) is 26.3 Å². The fraction of sp³-hybridized carbons (Fsp3) is 0.0476. The smallest absolute Gasteiger partial charge is 0.255 e. The van der Waals surface area contributed by atoms with E-state index in [2.05, 4.69) is 25.8 Å². The summed E-state index contributed by atoms with van der Waals surface area (Å²) in [5, 5.41) is 12.5. The first-order valence-electron chi connectivity index (χ1n) is 8.85. The van der Waals surface area contributed by atoms with Crippen molar-refractivity contribution >= 4 is 17.5 Å². The Balaban J connectivity index is 1.41. The zero-order chi connectivity index (χ0) is 20.1. The molecule has 0 radical (unpaired) electrons. The third kappa shape index (κ3) is 4.22. The number of aromatic amines is 1. The summed E-state index contributed by atoms with van der Waals surface area (Å²) in [6.07, 6.45) is 7.68. The van der Waals surface area contributed by atoms with Gasteiger partial charge in [-0.25, -0.2) is 0 Å². The topological polar surface area (TPSA) is 113 Å². The number of pyridine rings is 1. The van der Waals surface area contributed by atoms with E-state index in [0.29, 0.717) is 29.1 Å². The van der Waals surface area contributed by atoms with E-state index in [1.807, 2.05) is 18.2 Å². The Labute approximate surface area is 166 Å². The minimum absolute atomic E-state index is 0.225. The van der Waals surface area contributed by atoms with Crippen molar-refractivity contribution in [2.24, 2.45) is 0 Å². The molecule has 0 aliphatic carbocycles. The number of hydrogen-bond acceptors (Lipinski definition) is 5. The molecular formula is C21H17N5O3. The first-order chi connectivity index (χ1) is 14.2. The molecule has 4 rings (SSSR count). The highest BCUT2D eigenvalue weighted by molar-refractivity contribution is 6.04. The maximum Gasteiger partial charge on any atom is 0.255 e. The second-order valence-corrected chi connectivity index (χ2v) is 6.24. The number of hydrogen-bond donors (Lipinski definition) is 3. The van der Waals surface area contributed by atoms with Crippen molar-refractivity contribution in [2.45, 2.75) is 6.54 Å². The van der Waals surface area contributed by atoms with Gasteiger partial charge in [-0.2, -0.15) is 5.10 Å². The first-order valence-corrected chi connectivity index (χ1v) is 8.85. The highest BCUT2D eigenvalue weighted by atomic mass is 16.3. The summed E-state index contributed by atoms with van der Waals surface area (Å²) in [6, 6.07) is 12.3. The Morgan fingerprint density at radius 2 is 1.93 bits per heavy atom. The molecule has 0 bridgehead atoms. The number of H-pyrrole nitrogens is 1. The van der Waals surface area contributed by atoms with E-state index in [-0.39, 0.29) is 11.8 Å². The lowest BCUT2D eigenvalue weighted by molar-refractivity contribution is 0.0950. The molecule has 29 heavy (non-hydrogen) atoms. The summed E-state index contributed by atoms with van der Waals surface area (Å²) in [5.74, 6) is -0.488. The molecule has 0 atom stereocenters. The fourth-order valence-electron chi connectivity index (χ4n) is 2.83. The second-order valence-electron chi connectivity index (χ2n) is 6.24. The van der Waals surface area contributed by atoms with Gasteiger partial charge in [0.15, 0.2) is 0 Å². The molecule has 4 aromatic rings. The fourth-order valence-corrected chi connectivity index (χ4v) is 2.83. The number of rotatable bonds is 6. The number of amides is 2. The molecule has 0 aliphatic rings. The summed E-state index contributed by atoms with van der Waals surface area (Å²) < 4.78 is 5.06. The number of carbonyl (C=O) groups excluding carboxylic acids is 2. The van der Waals surface area contributed by atoms with E-state index < -0.39 is 0 Å². The summed E-state index contributed by atoms with van der Waals surface area (Å²) in [6.45, 7) is 0.299. The average molecular weight is 387 g/mol. The van der Waals surface area contributed by atoms with Gasteiger partial charge in [-0.1, -0.05) is 12.1 Å². The van der Waals surface area contributed by atoms with Crippen LogP contribution in [0.4, 0.5) is 5.69 Å². The third-order valence-electron chi connectivity index (χ3n) is 4.27. The Kier molecular flexibility index (Phi) is 5.15. The van der Waals surface area contributed by atoms with E-state index in [9.17, 15) is 9.59 Å². The van der Waals surface area contributed by atoms with Crippen LogP contribution in [0.3, 0.4) is 0 Å². The van der Waals surface area contributed by atoms with Crippen LogP contribution in [0, 0.1) is 0 Å². The molecule has 3 N–H and O–H groups in total. The molecule has 0 fully saturated rings. The molecule has 0 aliphatic heterocycles. The van der Waals surface area contributed by atoms with Crippen LogP contribution in [0.5, 0.6) is 0 Å². The van der Waals surface area contributed by atoms with E-state index in [1.54, 1.807) is 42.9 Å². The molecule has 0 unspecified atom stereocenters. The van der Waals surface area contributed by atoms with Crippen LogP contribution < -0.4 is 10.6 Å². The van der Waals surface area contributed by atoms with Crippen LogP contribution >= 0.6 is 0 Å². The van der Waals surface area contributed by atoms with Crippen molar-refractivity contribution in [1.82, 2.24) is 20.5 Å². The molecule has 0 saturated heterocycles. The van der Waals surface area contributed by atoms with Gasteiger partial charge in [-0.05, 0) is 35.9 Å². The number of anilines is 1. The summed E-state index contributed by atoms with van der Waals surface area (Å²) in [5.41, 5.74) is 3.77. The Morgan fingerprint density at radius 1 is 1.07 bits per heavy atom. The molecule has 8 nitrogen and oxygen atoms in total. The molecule has 1 aromatic carbocycles. The molecule has 3 heterocycles. The van der Waals surface area contributed by atoms with Crippen LogP contribution in [-0.4, -0.2) is 27.0 Å². The van der Waals surface area contributed by atoms with Gasteiger partial charge in [0, 0.05) is 35.8 Å². The zero-order valence-corrected chi connectivity index (χ0v) is 15.3. The monoisotopic (exact) mass is 387 g/mol. The number of nitrogens with zero attached hydrogens (tertiary/aromatic N) is 2. The minimum Gasteiger partial charge on any atom is -0.472 e. The van der Waals surface area contributed by atoms with Gasteiger partial charge in [-0.15, -0.1) is 0 Å². The van der Waals surface area contributed by atoms with Crippen LogP contribution in [0.2, 0.25) is 0 Å². The predicted molar refractivity (Wildman–Crippen MR) is 106 cm³/mol. The number of nitrogens with one attached hydrogen (secondary N) is 3. The summed E-state index contributed by atoms with van der Waals surface area (Å²) in [7, 11) is 0. The van der Waals surface area contributed by atoms with E-state index >= 15 is 0 Å². The number of aromatic nitrogens is 3. The van der Waals surface area contributed by atoms with Gasteiger partial charge in [0.25, 0.3) is 11.8 Å². The Hall–Kier alpha value is -4.20. The lowest BCUT2D eigenvalue weighted by Crippen LogP contribution is -2.23. The molecule has 144 valence electrons. The number of benzene rings is 1. The highest BCUT2D eigenvalue weighted by Gasteiger charge is 2.16. The normalized spacial score (nSPS) is 10.5. The molecule has 0 spiro atoms. The van der Waals surface area contributed by atoms with Gasteiger partial charge in [-0.3, -0.25) is 19.7 Å². The molecule has 2 amide bonds. The van der Waals surface area contributed by atoms with Crippen LogP contribution in [-0.2, 0) is 6.54 Å². The summed E-state index contributed by atoms with van der Waals surface area (Å²) >= 11 is 0. The zero-order valence-electron chi connectivity index (χ0n) is 15.3. The molecule has 3 aromatic heterocycles. The average Bonchev–Trinajstić information content (AvgIpc) is 3.44. The molecular weight excluding hydrogens is 370 g/mol. The van der Waals surface area contributed by atoms with Crippen molar-refractivity contribution in [3.63, 3.8) is 0 Å². The van der Waals surface area contributed by atoms with Crippen LogP contribution in [0.25, 0.3) is 11.3 Å². The summed E-state index contributed by atoms with van der Waals surface area (Å²) in [4.78, 5) is 28.7. The largest absolute Gasteiger partial charge is 0.472 e. The van der Waals surface area contributed by atoms with Gasteiger partial charge >= 0.3 is 0 Å². The van der Waals surface area contributed by atoms with Crippen molar-refractivity contribution in [1.29, 1.82) is 0 Å². The van der Waals surface area contributed by atoms with Crippen LogP contribution in [0.15, 0.2) is 78.0 Å². The first kappa shape index (κ1) is 18.2. The molecule has 0 saturated carbocycles. The SMILES string of the molecule is O=C(Nc1cccc(CNC(=O)c2cn[nH]c2-c2ccoc2)c1)c1ccncc1. The van der Waals surface area contributed by atoms with E-state index in [0.717, 1.165) is 11.1 Å². The van der Waals surface area contributed by atoms with Gasteiger partial charge in [0.2, 0.25) is 0 Å². The van der Waals surface area contributed by atoms with Crippen molar-refractivity contribution < 1.29 is 14.0 Å². The van der Waals surface area contributed by atoms with E-state index in [1.165, 1.54) is 12.5 Å². The standard InChI is InChI=1S/C21H17N5O3/c27-20(15-4-7-22-8-5-15)25-17-3-1-2-14(10-17)11-23-21(28)18-12-24-26-19(18)16-6-9-29-13-16/h1-10,12-13H,11H2,(H,23,28)(H,24,26)(H,25,27). The maximum absolute atomic E-state index is 12.6. The van der Waals surface area contributed by atoms with Gasteiger partial charge in [0.05, 0.1) is 30.0 Å². The van der Waals surface area contributed by atoms with E-state index in [4.69, 9.17) is 4.42 Å². The van der Waals surface area contributed by atoms with Gasteiger partial charge < -0.3 is 15.1 Å². The number of furan rings is 1. The highest BCUT2D eigenvalue weighted by Crippen LogP contribution is 2.21. The predicted octanol–water partition coefficient (Wildman–Crippen LogP) is 3.25. The Bertz CT molecular complexity index is 1120. The maximum atomic E-state index is 12.6. The second kappa shape index (κ2) is 8.22. The molecule has 8 heteroatoms. The lowest BCUT2D eigenvalue weighted by Gasteiger charge is -2.09. The minimum atomic E-state index is -0.263. The van der Waals surface area contributed by atoms with Crippen molar-refractivity contribution in [2.75, 3.05) is 5.32 Å². The third-order valence-corrected chi connectivity index (χ3v) is 4.27. The quantitative estimate of drug-likeness (QED) is 0.470. The number of carbonyl (C=O) groups is 2. The van der Waals surface area contributed by atoms with Crippen molar-refractivity contribution in [3.8, 4) is 11.3 Å². The lowest BCUT2D eigenvalue weighted by atomic mass is 10.1. The Morgan fingerprint density at radius 3 is 2.72 bits per heavy atom.